The van der Waals surface area contributed by atoms with E-state index in [4.69, 9.17) is 4.98 Å². The van der Waals surface area contributed by atoms with Crippen LogP contribution in [0.15, 0.2) is 53.8 Å². The average Bonchev–Trinajstić information content (AvgIpc) is 3.42. The van der Waals surface area contributed by atoms with Crippen molar-refractivity contribution in [1.29, 1.82) is 0 Å². The minimum absolute atomic E-state index is 0.159. The maximum absolute atomic E-state index is 11.2. The summed E-state index contributed by atoms with van der Waals surface area (Å²) in [5.41, 5.74) is 3.39. The number of hydrogen-bond donors (Lipinski definition) is 3. The van der Waals surface area contributed by atoms with Gasteiger partial charge in [0, 0.05) is 17.5 Å². The topological polar surface area (TPSA) is 73.6 Å². The molecule has 4 fully saturated rings. The summed E-state index contributed by atoms with van der Waals surface area (Å²) < 4.78 is 0. The van der Waals surface area contributed by atoms with Crippen LogP contribution in [0.5, 0.6) is 0 Å². The van der Waals surface area contributed by atoms with E-state index in [1.807, 2.05) is 6.20 Å². The van der Waals surface area contributed by atoms with Gasteiger partial charge in [0.15, 0.2) is 0 Å². The Morgan fingerprint density at radius 2 is 1.97 bits per heavy atom. The highest BCUT2D eigenvalue weighted by Crippen LogP contribution is 2.60. The Hall–Kier alpha value is -1.53. The van der Waals surface area contributed by atoms with Gasteiger partial charge in [-0.3, -0.25) is 0 Å². The number of nitrogens with zero attached hydrogens (tertiary/aromatic N) is 1. The fourth-order valence-electron chi connectivity index (χ4n) is 7.88. The molecule has 4 aliphatic rings. The molecule has 0 unspecified atom stereocenters. The molecule has 3 N–H and O–H groups in total. The molecule has 1 heterocycles. The second-order valence-electron chi connectivity index (χ2n) is 12.9. The van der Waals surface area contributed by atoms with Crippen LogP contribution >= 0.6 is 11.3 Å². The molecule has 5 rings (SSSR count). The zero-order valence-electron chi connectivity index (χ0n) is 23.5. The average molecular weight is 538 g/mol. The molecule has 1 aromatic heterocycles. The van der Waals surface area contributed by atoms with Crippen LogP contribution in [0.4, 0.5) is 0 Å². The Labute approximate surface area is 233 Å². The summed E-state index contributed by atoms with van der Waals surface area (Å²) in [5, 5.41) is 32.7. The third-order valence-electron chi connectivity index (χ3n) is 10.4. The Morgan fingerprint density at radius 1 is 1.18 bits per heavy atom. The first-order valence-corrected chi connectivity index (χ1v) is 15.8. The first-order chi connectivity index (χ1) is 18.2. The normalized spacial score (nSPS) is 36.6. The zero-order valence-corrected chi connectivity index (χ0v) is 24.3. The predicted molar refractivity (Wildman–Crippen MR) is 156 cm³/mol. The van der Waals surface area contributed by atoms with Crippen LogP contribution in [0.1, 0.15) is 94.9 Å². The van der Waals surface area contributed by atoms with Crippen molar-refractivity contribution < 1.29 is 15.3 Å². The van der Waals surface area contributed by atoms with E-state index < -0.39 is 18.3 Å². The molecule has 0 saturated heterocycles. The van der Waals surface area contributed by atoms with Crippen LogP contribution in [0.3, 0.4) is 0 Å². The number of hydrogen-bond acceptors (Lipinski definition) is 5. The first kappa shape index (κ1) is 28.0. The van der Waals surface area contributed by atoms with Gasteiger partial charge in [-0.2, -0.15) is 0 Å². The molecular weight excluding hydrogens is 490 g/mol. The molecule has 7 atom stereocenters. The Balaban J connectivity index is 1.27. The van der Waals surface area contributed by atoms with Crippen LogP contribution in [-0.2, 0) is 11.8 Å². The Kier molecular flexibility index (Phi) is 8.22. The number of aliphatic hydroxyl groups excluding tert-OH is 3. The lowest BCUT2D eigenvalue weighted by Crippen LogP contribution is -2.35. The van der Waals surface area contributed by atoms with Crippen molar-refractivity contribution in [2.45, 2.75) is 115 Å². The maximum Gasteiger partial charge on any atom is 0.102 e. The van der Waals surface area contributed by atoms with Crippen LogP contribution in [0, 0.1) is 23.2 Å². The van der Waals surface area contributed by atoms with Gasteiger partial charge >= 0.3 is 0 Å². The van der Waals surface area contributed by atoms with Gasteiger partial charge in [0.1, 0.15) is 5.01 Å². The van der Waals surface area contributed by atoms with Gasteiger partial charge in [-0.05, 0) is 92.1 Å². The monoisotopic (exact) mass is 537 g/mol. The molecule has 0 aromatic carbocycles. The van der Waals surface area contributed by atoms with Gasteiger partial charge in [-0.15, -0.1) is 11.3 Å². The standard InChI is InChI=1S/C33H47NO3S/c1-5-7-26-20-34-31(38-26)33(16-17-33)30(37)14-9-21(2)27-12-13-28-23(8-6-15-32(27,28)4)10-11-24-18-25(35)19-29(36)22(24)3/h9-11,14,20-21,25,27-30,35-37H,3,5-8,12-13,15-19H2,1-2,4H3/b14-9+,23-10+,24-11-/t21-,25+,27+,28-,29-,30-,32+/m0/s1. The van der Waals surface area contributed by atoms with Gasteiger partial charge in [0.05, 0.1) is 23.7 Å². The van der Waals surface area contributed by atoms with Gasteiger partial charge in [-0.25, -0.2) is 4.98 Å². The van der Waals surface area contributed by atoms with Crippen molar-refractivity contribution in [2.24, 2.45) is 23.2 Å². The molecule has 0 radical (unpaired) electrons. The second-order valence-corrected chi connectivity index (χ2v) is 14.0. The van der Waals surface area contributed by atoms with Crippen molar-refractivity contribution in [3.05, 3.63) is 63.7 Å². The third kappa shape index (κ3) is 5.29. The van der Waals surface area contributed by atoms with Gasteiger partial charge in [0.2, 0.25) is 0 Å². The quantitative estimate of drug-likeness (QED) is 0.318. The lowest BCUT2D eigenvalue weighted by Gasteiger charge is -2.44. The van der Waals surface area contributed by atoms with E-state index in [0.29, 0.717) is 30.6 Å². The summed E-state index contributed by atoms with van der Waals surface area (Å²) in [6, 6.07) is 0. The smallest absolute Gasteiger partial charge is 0.102 e. The van der Waals surface area contributed by atoms with Crippen molar-refractivity contribution in [2.75, 3.05) is 0 Å². The van der Waals surface area contributed by atoms with Crippen LogP contribution in [0.25, 0.3) is 0 Å². The molecule has 4 nitrogen and oxygen atoms in total. The van der Waals surface area contributed by atoms with E-state index >= 15 is 0 Å². The lowest BCUT2D eigenvalue weighted by molar-refractivity contribution is 0.0862. The number of rotatable bonds is 8. The number of fused-ring (bicyclic) bond motifs is 1. The molecule has 38 heavy (non-hydrogen) atoms. The lowest BCUT2D eigenvalue weighted by atomic mass is 9.61. The van der Waals surface area contributed by atoms with E-state index in [9.17, 15) is 15.3 Å². The molecular formula is C33H47NO3S. The molecule has 0 spiro atoms. The molecule has 4 aliphatic carbocycles. The van der Waals surface area contributed by atoms with Gasteiger partial charge in [-0.1, -0.05) is 63.6 Å². The highest BCUT2D eigenvalue weighted by Gasteiger charge is 2.53. The summed E-state index contributed by atoms with van der Waals surface area (Å²) >= 11 is 1.80. The minimum atomic E-state index is -0.636. The number of aliphatic hydroxyl groups is 3. The van der Waals surface area contributed by atoms with Crippen molar-refractivity contribution in [3.8, 4) is 0 Å². The molecule has 208 valence electrons. The Morgan fingerprint density at radius 3 is 2.71 bits per heavy atom. The van der Waals surface area contributed by atoms with Crippen molar-refractivity contribution >= 4 is 11.3 Å². The van der Waals surface area contributed by atoms with Gasteiger partial charge < -0.3 is 15.3 Å². The third-order valence-corrected chi connectivity index (χ3v) is 11.6. The van der Waals surface area contributed by atoms with Gasteiger partial charge in [0.25, 0.3) is 0 Å². The molecule has 0 aliphatic heterocycles. The number of allylic oxidation sites excluding steroid dienone is 4. The highest BCUT2D eigenvalue weighted by atomic mass is 32.1. The molecule has 0 amide bonds. The predicted octanol–water partition coefficient (Wildman–Crippen LogP) is 6.82. The first-order valence-electron chi connectivity index (χ1n) is 14.9. The van der Waals surface area contributed by atoms with Crippen LogP contribution < -0.4 is 0 Å². The highest BCUT2D eigenvalue weighted by molar-refractivity contribution is 7.11. The van der Waals surface area contributed by atoms with E-state index in [2.05, 4.69) is 51.7 Å². The van der Waals surface area contributed by atoms with Crippen LogP contribution in [0.2, 0.25) is 0 Å². The van der Waals surface area contributed by atoms with E-state index in [0.717, 1.165) is 48.3 Å². The van der Waals surface area contributed by atoms with E-state index in [-0.39, 0.29) is 10.8 Å². The molecule has 5 heteroatoms. The summed E-state index contributed by atoms with van der Waals surface area (Å²) in [6.07, 6.45) is 20.5. The number of aryl methyl sites for hydroxylation is 1. The SMILES string of the molecule is C=C1/C(=C\C=C2/CCC[C@]3(C)[C@@H]([C@@H](C)/C=C/[C@H](O)C4(c5ncc(CCC)s5)CC4)CC[C@@H]23)C[C@@H](O)C[C@@H]1O. The van der Waals surface area contributed by atoms with E-state index in [1.54, 1.807) is 11.3 Å². The van der Waals surface area contributed by atoms with Crippen molar-refractivity contribution in [1.82, 2.24) is 4.98 Å². The Bertz CT molecular complexity index is 1110. The fraction of sp³-hybridized carbons (Fsp3) is 0.667. The summed E-state index contributed by atoms with van der Waals surface area (Å²) in [7, 11) is 0. The summed E-state index contributed by atoms with van der Waals surface area (Å²) in [5.74, 6) is 1.60. The van der Waals surface area contributed by atoms with E-state index in [1.165, 1.54) is 36.1 Å². The zero-order chi connectivity index (χ0) is 27.1. The minimum Gasteiger partial charge on any atom is -0.393 e. The second kappa shape index (κ2) is 11.2. The number of aromatic nitrogens is 1. The largest absolute Gasteiger partial charge is 0.393 e. The molecule has 4 saturated carbocycles. The number of thiazole rings is 1. The maximum atomic E-state index is 11.2. The summed E-state index contributed by atoms with van der Waals surface area (Å²) in [6.45, 7) is 11.1. The summed E-state index contributed by atoms with van der Waals surface area (Å²) in [4.78, 5) is 6.05. The fourth-order valence-corrected chi connectivity index (χ4v) is 9.17. The van der Waals surface area contributed by atoms with Crippen molar-refractivity contribution in [3.63, 3.8) is 0 Å². The molecule has 0 bridgehead atoms. The van der Waals surface area contributed by atoms with Crippen LogP contribution in [-0.4, -0.2) is 38.6 Å². The molecule has 1 aromatic rings.